The van der Waals surface area contributed by atoms with Crippen LogP contribution in [0.5, 0.6) is 0 Å². The second-order valence-electron chi connectivity index (χ2n) is 4.44. The predicted molar refractivity (Wildman–Crippen MR) is 76.6 cm³/mol. The fraction of sp³-hybridized carbons (Fsp3) is 0.467. The maximum Gasteiger partial charge on any atom is 0.307 e. The molecule has 0 atom stereocenters. The van der Waals surface area contributed by atoms with Gasteiger partial charge in [0.1, 0.15) is 6.07 Å². The smallest absolute Gasteiger partial charge is 0.307 e. The Morgan fingerprint density at radius 2 is 2.10 bits per heavy atom. The molecular weight excluding hydrogens is 256 g/mol. The summed E-state index contributed by atoms with van der Waals surface area (Å²) in [6.45, 7) is 3.61. The van der Waals surface area contributed by atoms with E-state index in [0.717, 1.165) is 11.3 Å². The van der Waals surface area contributed by atoms with E-state index in [1.165, 1.54) is 7.11 Å². The summed E-state index contributed by atoms with van der Waals surface area (Å²) in [5, 5.41) is 9.21. The van der Waals surface area contributed by atoms with Crippen LogP contribution in [-0.2, 0) is 14.3 Å². The van der Waals surface area contributed by atoms with Crippen molar-refractivity contribution in [1.82, 2.24) is 0 Å². The Morgan fingerprint density at radius 3 is 2.70 bits per heavy atom. The topological polar surface area (TPSA) is 62.6 Å². The lowest BCUT2D eigenvalue weighted by atomic mass is 10.1. The van der Waals surface area contributed by atoms with Crippen LogP contribution in [0.3, 0.4) is 0 Å². The van der Waals surface area contributed by atoms with Gasteiger partial charge < -0.3 is 14.4 Å². The summed E-state index contributed by atoms with van der Waals surface area (Å²) in [5.74, 6) is -0.265. The van der Waals surface area contributed by atoms with Gasteiger partial charge in [-0.15, -0.1) is 0 Å². The van der Waals surface area contributed by atoms with E-state index in [0.29, 0.717) is 25.3 Å². The van der Waals surface area contributed by atoms with Crippen molar-refractivity contribution in [2.45, 2.75) is 13.3 Å². The number of rotatable bonds is 7. The molecule has 0 amide bonds. The number of carbonyl (C=O) groups is 1. The van der Waals surface area contributed by atoms with E-state index in [-0.39, 0.29) is 12.4 Å². The lowest BCUT2D eigenvalue weighted by Gasteiger charge is -2.25. The Bertz CT molecular complexity index is 494. The lowest BCUT2D eigenvalue weighted by Crippen LogP contribution is -2.30. The fourth-order valence-corrected chi connectivity index (χ4v) is 1.88. The third-order valence-corrected chi connectivity index (χ3v) is 2.99. The summed E-state index contributed by atoms with van der Waals surface area (Å²) in [6, 6.07) is 7.83. The van der Waals surface area contributed by atoms with Crippen molar-refractivity contribution in [3.63, 3.8) is 0 Å². The van der Waals surface area contributed by atoms with E-state index < -0.39 is 0 Å². The van der Waals surface area contributed by atoms with Crippen molar-refractivity contribution >= 4 is 11.7 Å². The number of methoxy groups -OCH3 is 2. The number of aryl methyl sites for hydroxylation is 1. The van der Waals surface area contributed by atoms with Gasteiger partial charge in [-0.05, 0) is 24.6 Å². The van der Waals surface area contributed by atoms with Gasteiger partial charge in [0, 0.05) is 20.2 Å². The first-order valence-corrected chi connectivity index (χ1v) is 6.43. The first-order chi connectivity index (χ1) is 9.62. The second kappa shape index (κ2) is 8.18. The van der Waals surface area contributed by atoms with Crippen LogP contribution in [0.25, 0.3) is 0 Å². The highest BCUT2D eigenvalue weighted by Crippen LogP contribution is 2.22. The van der Waals surface area contributed by atoms with Gasteiger partial charge in [0.2, 0.25) is 0 Å². The van der Waals surface area contributed by atoms with Crippen LogP contribution in [-0.4, -0.2) is 39.9 Å². The molecule has 5 heteroatoms. The van der Waals surface area contributed by atoms with Crippen LogP contribution in [0.15, 0.2) is 18.2 Å². The van der Waals surface area contributed by atoms with Crippen molar-refractivity contribution in [2.75, 3.05) is 38.8 Å². The average Bonchev–Trinajstić information content (AvgIpc) is 2.47. The Morgan fingerprint density at radius 1 is 1.35 bits per heavy atom. The van der Waals surface area contributed by atoms with E-state index in [9.17, 15) is 10.1 Å². The monoisotopic (exact) mass is 276 g/mol. The molecule has 0 aliphatic rings. The van der Waals surface area contributed by atoms with Gasteiger partial charge in [-0.1, -0.05) is 6.07 Å². The number of hydrogen-bond donors (Lipinski definition) is 0. The Labute approximate surface area is 119 Å². The summed E-state index contributed by atoms with van der Waals surface area (Å²) in [4.78, 5) is 13.3. The molecule has 0 N–H and O–H groups in total. The lowest BCUT2D eigenvalue weighted by molar-refractivity contribution is -0.140. The van der Waals surface area contributed by atoms with E-state index in [4.69, 9.17) is 4.74 Å². The van der Waals surface area contributed by atoms with Crippen molar-refractivity contribution in [3.05, 3.63) is 29.3 Å². The molecule has 0 aromatic heterocycles. The standard InChI is InChI=1S/C15H20N2O3/c1-12-4-5-13(11-16)14(10-12)17(8-9-19-2)7-6-15(18)20-3/h4-5,10H,6-9H2,1-3H3. The number of nitrogens with zero attached hydrogens (tertiary/aromatic N) is 2. The highest BCUT2D eigenvalue weighted by Gasteiger charge is 2.13. The largest absolute Gasteiger partial charge is 0.469 e. The van der Waals surface area contributed by atoms with Gasteiger partial charge in [0.05, 0.1) is 31.4 Å². The molecule has 0 saturated carbocycles. The third kappa shape index (κ3) is 4.56. The molecule has 108 valence electrons. The van der Waals surface area contributed by atoms with E-state index in [1.807, 2.05) is 24.0 Å². The normalized spacial score (nSPS) is 9.90. The van der Waals surface area contributed by atoms with Crippen LogP contribution in [0.1, 0.15) is 17.5 Å². The molecule has 0 bridgehead atoms. The minimum absolute atomic E-state index is 0.265. The van der Waals surface area contributed by atoms with Gasteiger partial charge in [0.15, 0.2) is 0 Å². The Kier molecular flexibility index (Phi) is 6.54. The summed E-state index contributed by atoms with van der Waals surface area (Å²) in [6.07, 6.45) is 0.277. The number of esters is 1. The Hall–Kier alpha value is -2.06. The molecular formula is C15H20N2O3. The third-order valence-electron chi connectivity index (χ3n) is 2.99. The number of ether oxygens (including phenoxy) is 2. The van der Waals surface area contributed by atoms with Crippen molar-refractivity contribution in [3.8, 4) is 6.07 Å². The average molecular weight is 276 g/mol. The molecule has 0 radical (unpaired) electrons. The quantitative estimate of drug-likeness (QED) is 0.712. The van der Waals surface area contributed by atoms with Gasteiger partial charge >= 0.3 is 5.97 Å². The van der Waals surface area contributed by atoms with Crippen LogP contribution in [0.2, 0.25) is 0 Å². The molecule has 0 aliphatic heterocycles. The number of benzene rings is 1. The number of hydrogen-bond acceptors (Lipinski definition) is 5. The molecule has 0 saturated heterocycles. The number of nitriles is 1. The maximum atomic E-state index is 11.3. The Balaban J connectivity index is 2.94. The van der Waals surface area contributed by atoms with Crippen LogP contribution >= 0.6 is 0 Å². The molecule has 5 nitrogen and oxygen atoms in total. The summed E-state index contributed by atoms with van der Waals surface area (Å²) < 4.78 is 9.75. The van der Waals surface area contributed by atoms with Gasteiger partial charge in [-0.25, -0.2) is 0 Å². The minimum atomic E-state index is -0.265. The first-order valence-electron chi connectivity index (χ1n) is 6.43. The van der Waals surface area contributed by atoms with E-state index in [1.54, 1.807) is 13.2 Å². The zero-order chi connectivity index (χ0) is 15.0. The first kappa shape index (κ1) is 16.0. The summed E-state index contributed by atoms with van der Waals surface area (Å²) >= 11 is 0. The van der Waals surface area contributed by atoms with Crippen LogP contribution in [0, 0.1) is 18.3 Å². The highest BCUT2D eigenvalue weighted by atomic mass is 16.5. The predicted octanol–water partition coefficient (Wildman–Crippen LogP) is 1.88. The second-order valence-corrected chi connectivity index (χ2v) is 4.44. The molecule has 0 spiro atoms. The van der Waals surface area contributed by atoms with E-state index >= 15 is 0 Å². The van der Waals surface area contributed by atoms with Gasteiger partial charge in [0.25, 0.3) is 0 Å². The van der Waals surface area contributed by atoms with Crippen molar-refractivity contribution < 1.29 is 14.3 Å². The molecule has 0 aliphatic carbocycles. The molecule has 1 rings (SSSR count). The molecule has 0 fully saturated rings. The molecule has 1 aromatic rings. The van der Waals surface area contributed by atoms with Crippen molar-refractivity contribution in [2.24, 2.45) is 0 Å². The SMILES string of the molecule is COCCN(CCC(=O)OC)c1cc(C)ccc1C#N. The van der Waals surface area contributed by atoms with Crippen molar-refractivity contribution in [1.29, 1.82) is 5.26 Å². The van der Waals surface area contributed by atoms with E-state index in [2.05, 4.69) is 10.8 Å². The zero-order valence-corrected chi connectivity index (χ0v) is 12.2. The molecule has 1 aromatic carbocycles. The number of anilines is 1. The van der Waals surface area contributed by atoms with Crippen LogP contribution < -0.4 is 4.90 Å². The maximum absolute atomic E-state index is 11.3. The molecule has 0 unspecified atom stereocenters. The summed E-state index contributed by atoms with van der Waals surface area (Å²) in [7, 11) is 3.00. The summed E-state index contributed by atoms with van der Waals surface area (Å²) in [5.41, 5.74) is 2.49. The molecule has 20 heavy (non-hydrogen) atoms. The van der Waals surface area contributed by atoms with Crippen LogP contribution in [0.4, 0.5) is 5.69 Å². The van der Waals surface area contributed by atoms with Gasteiger partial charge in [-0.2, -0.15) is 5.26 Å². The zero-order valence-electron chi connectivity index (χ0n) is 12.2. The number of carbonyl (C=O) groups excluding carboxylic acids is 1. The fourth-order valence-electron chi connectivity index (χ4n) is 1.88. The highest BCUT2D eigenvalue weighted by molar-refractivity contribution is 5.70. The van der Waals surface area contributed by atoms with Gasteiger partial charge in [-0.3, -0.25) is 4.79 Å². The minimum Gasteiger partial charge on any atom is -0.469 e. The molecule has 0 heterocycles.